The van der Waals surface area contributed by atoms with Crippen molar-refractivity contribution in [1.29, 1.82) is 0 Å². The summed E-state index contributed by atoms with van der Waals surface area (Å²) in [5.41, 5.74) is 0. The predicted molar refractivity (Wildman–Crippen MR) is 65.5 cm³/mol. The molecule has 0 amide bonds. The average Bonchev–Trinajstić information content (AvgIpc) is 2.39. The molecule has 3 nitrogen and oxygen atoms in total. The van der Waals surface area contributed by atoms with E-state index in [4.69, 9.17) is 14.2 Å². The smallest absolute Gasteiger partial charge is 0.188 e. The van der Waals surface area contributed by atoms with Crippen molar-refractivity contribution in [2.24, 2.45) is 0 Å². The van der Waals surface area contributed by atoms with Crippen LogP contribution in [0.1, 0.15) is 0 Å². The van der Waals surface area contributed by atoms with Crippen LogP contribution >= 0.6 is 0 Å². The predicted octanol–water partition coefficient (Wildman–Crippen LogP) is 3.46. The Kier molecular flexibility index (Phi) is 4.00. The van der Waals surface area contributed by atoms with Crippen LogP contribution < -0.4 is 9.47 Å². The lowest BCUT2D eigenvalue weighted by Gasteiger charge is -2.07. The molecule has 0 saturated heterocycles. The van der Waals surface area contributed by atoms with Crippen molar-refractivity contribution in [2.75, 3.05) is 13.9 Å². The quantitative estimate of drug-likeness (QED) is 0.736. The minimum atomic E-state index is 0.249. The van der Waals surface area contributed by atoms with Crippen LogP contribution in [-0.4, -0.2) is 13.9 Å². The lowest BCUT2D eigenvalue weighted by Crippen LogP contribution is -1.98. The molecule has 0 aliphatic rings. The Morgan fingerprint density at radius 1 is 0.765 bits per heavy atom. The molecule has 2 aromatic rings. The fourth-order valence-electron chi connectivity index (χ4n) is 1.36. The molecule has 0 fully saturated rings. The van der Waals surface area contributed by atoms with E-state index in [0.717, 1.165) is 17.2 Å². The summed E-state index contributed by atoms with van der Waals surface area (Å²) in [6.45, 7) is 0.249. The summed E-state index contributed by atoms with van der Waals surface area (Å²) in [4.78, 5) is 0. The van der Waals surface area contributed by atoms with E-state index in [0.29, 0.717) is 0 Å². The maximum absolute atomic E-state index is 5.65. The van der Waals surface area contributed by atoms with Crippen molar-refractivity contribution in [1.82, 2.24) is 0 Å². The van der Waals surface area contributed by atoms with E-state index < -0.39 is 0 Å². The average molecular weight is 230 g/mol. The van der Waals surface area contributed by atoms with Gasteiger partial charge in [0.2, 0.25) is 0 Å². The van der Waals surface area contributed by atoms with Gasteiger partial charge in [-0.1, -0.05) is 18.2 Å². The number of para-hydroxylation sites is 1. The molecule has 0 unspecified atom stereocenters. The van der Waals surface area contributed by atoms with E-state index in [9.17, 15) is 0 Å². The van der Waals surface area contributed by atoms with Gasteiger partial charge in [-0.25, -0.2) is 0 Å². The summed E-state index contributed by atoms with van der Waals surface area (Å²) < 4.78 is 15.8. The van der Waals surface area contributed by atoms with Crippen molar-refractivity contribution in [3.8, 4) is 17.2 Å². The van der Waals surface area contributed by atoms with E-state index in [-0.39, 0.29) is 6.79 Å². The highest BCUT2D eigenvalue weighted by molar-refractivity contribution is 5.35. The van der Waals surface area contributed by atoms with Gasteiger partial charge in [0, 0.05) is 7.11 Å². The Morgan fingerprint density at radius 3 is 2.00 bits per heavy atom. The highest BCUT2D eigenvalue weighted by Crippen LogP contribution is 2.23. The SMILES string of the molecule is COCOc1ccc(Oc2ccccc2)cc1. The third kappa shape index (κ3) is 3.50. The summed E-state index contributed by atoms with van der Waals surface area (Å²) in [5.74, 6) is 2.35. The summed E-state index contributed by atoms with van der Waals surface area (Å²) in [5, 5.41) is 0. The van der Waals surface area contributed by atoms with Gasteiger partial charge in [-0.3, -0.25) is 0 Å². The Balaban J connectivity index is 1.98. The van der Waals surface area contributed by atoms with Gasteiger partial charge in [0.05, 0.1) is 0 Å². The Bertz CT molecular complexity index is 437. The summed E-state index contributed by atoms with van der Waals surface area (Å²) >= 11 is 0. The van der Waals surface area contributed by atoms with Crippen LogP contribution in [0.25, 0.3) is 0 Å². The van der Waals surface area contributed by atoms with Crippen molar-refractivity contribution in [3.05, 3.63) is 54.6 Å². The van der Waals surface area contributed by atoms with Gasteiger partial charge in [0.15, 0.2) is 6.79 Å². The molecule has 17 heavy (non-hydrogen) atoms. The number of methoxy groups -OCH3 is 1. The number of rotatable bonds is 5. The molecule has 0 spiro atoms. The fraction of sp³-hybridized carbons (Fsp3) is 0.143. The molecular formula is C14H14O3. The van der Waals surface area contributed by atoms with Gasteiger partial charge in [-0.15, -0.1) is 0 Å². The Morgan fingerprint density at radius 2 is 1.35 bits per heavy atom. The van der Waals surface area contributed by atoms with E-state index in [1.54, 1.807) is 7.11 Å². The van der Waals surface area contributed by atoms with E-state index in [1.807, 2.05) is 54.6 Å². The van der Waals surface area contributed by atoms with Crippen LogP contribution in [0, 0.1) is 0 Å². The molecule has 0 radical (unpaired) electrons. The molecule has 3 heteroatoms. The number of ether oxygens (including phenoxy) is 3. The first-order valence-corrected chi connectivity index (χ1v) is 5.33. The van der Waals surface area contributed by atoms with Crippen LogP contribution in [0.3, 0.4) is 0 Å². The first kappa shape index (κ1) is 11.5. The van der Waals surface area contributed by atoms with Crippen molar-refractivity contribution in [3.63, 3.8) is 0 Å². The molecular weight excluding hydrogens is 216 g/mol. The van der Waals surface area contributed by atoms with Crippen LogP contribution in [-0.2, 0) is 4.74 Å². The molecule has 0 atom stereocenters. The molecule has 0 saturated carbocycles. The maximum Gasteiger partial charge on any atom is 0.188 e. The normalized spacial score (nSPS) is 9.94. The van der Waals surface area contributed by atoms with Crippen molar-refractivity contribution in [2.45, 2.75) is 0 Å². The monoisotopic (exact) mass is 230 g/mol. The van der Waals surface area contributed by atoms with E-state index >= 15 is 0 Å². The fourth-order valence-corrected chi connectivity index (χ4v) is 1.36. The van der Waals surface area contributed by atoms with Gasteiger partial charge in [0.1, 0.15) is 17.2 Å². The third-order valence-electron chi connectivity index (χ3n) is 2.15. The lowest BCUT2D eigenvalue weighted by atomic mass is 10.3. The molecule has 0 heterocycles. The Labute approximate surface area is 101 Å². The number of benzene rings is 2. The molecule has 0 aliphatic heterocycles. The largest absolute Gasteiger partial charge is 0.468 e. The lowest BCUT2D eigenvalue weighted by molar-refractivity contribution is 0.0511. The van der Waals surface area contributed by atoms with Gasteiger partial charge in [-0.05, 0) is 36.4 Å². The zero-order valence-electron chi connectivity index (χ0n) is 9.63. The summed E-state index contributed by atoms with van der Waals surface area (Å²) in [7, 11) is 1.59. The first-order chi connectivity index (χ1) is 8.38. The van der Waals surface area contributed by atoms with Crippen LogP contribution in [0.5, 0.6) is 17.2 Å². The molecule has 0 N–H and O–H groups in total. The van der Waals surface area contributed by atoms with Gasteiger partial charge in [0.25, 0.3) is 0 Å². The molecule has 0 aromatic heterocycles. The first-order valence-electron chi connectivity index (χ1n) is 5.33. The minimum Gasteiger partial charge on any atom is -0.468 e. The zero-order chi connectivity index (χ0) is 11.9. The molecule has 2 rings (SSSR count). The van der Waals surface area contributed by atoms with Gasteiger partial charge >= 0.3 is 0 Å². The summed E-state index contributed by atoms with van der Waals surface area (Å²) in [6.07, 6.45) is 0. The third-order valence-corrected chi connectivity index (χ3v) is 2.15. The standard InChI is InChI=1S/C14H14O3/c1-15-11-16-12-7-9-14(10-8-12)17-13-5-3-2-4-6-13/h2-10H,11H2,1H3. The zero-order valence-corrected chi connectivity index (χ0v) is 9.63. The van der Waals surface area contributed by atoms with Crippen molar-refractivity contribution >= 4 is 0 Å². The second-order valence-corrected chi connectivity index (χ2v) is 3.44. The van der Waals surface area contributed by atoms with Crippen LogP contribution in [0.15, 0.2) is 54.6 Å². The molecule has 0 bridgehead atoms. The topological polar surface area (TPSA) is 27.7 Å². The van der Waals surface area contributed by atoms with Crippen LogP contribution in [0.4, 0.5) is 0 Å². The van der Waals surface area contributed by atoms with Crippen LogP contribution in [0.2, 0.25) is 0 Å². The Hall–Kier alpha value is -2.00. The molecule has 2 aromatic carbocycles. The number of hydrogen-bond acceptors (Lipinski definition) is 3. The van der Waals surface area contributed by atoms with E-state index in [1.165, 1.54) is 0 Å². The van der Waals surface area contributed by atoms with E-state index in [2.05, 4.69) is 0 Å². The molecule has 0 aliphatic carbocycles. The van der Waals surface area contributed by atoms with Crippen molar-refractivity contribution < 1.29 is 14.2 Å². The van der Waals surface area contributed by atoms with Gasteiger partial charge in [-0.2, -0.15) is 0 Å². The summed E-state index contributed by atoms with van der Waals surface area (Å²) in [6, 6.07) is 17.1. The van der Waals surface area contributed by atoms with Gasteiger partial charge < -0.3 is 14.2 Å². The highest BCUT2D eigenvalue weighted by atomic mass is 16.7. The number of hydrogen-bond donors (Lipinski definition) is 0. The second-order valence-electron chi connectivity index (χ2n) is 3.44. The maximum atomic E-state index is 5.65. The minimum absolute atomic E-state index is 0.249. The molecule has 88 valence electrons. The second kappa shape index (κ2) is 5.92. The highest BCUT2D eigenvalue weighted by Gasteiger charge is 1.97.